The van der Waals surface area contributed by atoms with E-state index in [1.807, 2.05) is 11.3 Å². The van der Waals surface area contributed by atoms with Crippen LogP contribution in [0.1, 0.15) is 214 Å². The third kappa shape index (κ3) is 21.8. The molecule has 0 aliphatic heterocycles. The van der Waals surface area contributed by atoms with Crippen LogP contribution < -0.4 is 18.9 Å². The lowest BCUT2D eigenvalue weighted by atomic mass is 9.96. The molecule has 0 bridgehead atoms. The first-order valence-corrected chi connectivity index (χ1v) is 28.4. The molecule has 0 spiro atoms. The molecule has 5 aromatic rings. The van der Waals surface area contributed by atoms with Crippen LogP contribution in [-0.2, 0) is 0 Å². The fraction of sp³-hybridized carbons (Fsp3) is 0.500. The van der Waals surface area contributed by atoms with Gasteiger partial charge in [-0.3, -0.25) is 0 Å². The molecule has 0 atom stereocenters. The van der Waals surface area contributed by atoms with Crippen molar-refractivity contribution in [3.8, 4) is 23.0 Å². The number of benzene rings is 4. The number of ether oxygens (including phenoxy) is 4. The second-order valence-corrected chi connectivity index (χ2v) is 20.1. The minimum atomic E-state index is 0.760. The van der Waals surface area contributed by atoms with E-state index in [2.05, 4.69) is 149 Å². The minimum Gasteiger partial charge on any atom is -0.494 e. The Morgan fingerprint density at radius 2 is 0.507 bits per heavy atom. The zero-order valence-corrected chi connectivity index (χ0v) is 44.2. The van der Waals surface area contributed by atoms with Crippen molar-refractivity contribution in [1.29, 1.82) is 0 Å². The molecule has 374 valence electrons. The number of unbranched alkanes of at least 4 members (excludes halogenated alkanes) is 20. The summed E-state index contributed by atoms with van der Waals surface area (Å²) in [6.07, 6.45) is 34.8. The van der Waals surface area contributed by atoms with Crippen LogP contribution in [0.2, 0.25) is 0 Å². The third-order valence-corrected chi connectivity index (χ3v) is 13.9. The molecule has 4 nitrogen and oxygen atoms in total. The molecule has 0 amide bonds. The van der Waals surface area contributed by atoms with E-state index in [9.17, 15) is 0 Å². The first-order valence-electron chi connectivity index (χ1n) is 27.6. The summed E-state index contributed by atoms with van der Waals surface area (Å²) in [6.45, 7) is 12.1. The zero-order chi connectivity index (χ0) is 48.4. The molecule has 4 aromatic carbocycles. The molecule has 0 N–H and O–H groups in total. The molecule has 0 saturated heterocycles. The van der Waals surface area contributed by atoms with Gasteiger partial charge >= 0.3 is 0 Å². The molecule has 5 rings (SSSR count). The van der Waals surface area contributed by atoms with Crippen molar-refractivity contribution in [2.24, 2.45) is 0 Å². The second kappa shape index (κ2) is 34.5. The Labute approximate surface area is 424 Å². The largest absolute Gasteiger partial charge is 0.494 e. The summed E-state index contributed by atoms with van der Waals surface area (Å²) in [5.74, 6) is 3.71. The van der Waals surface area contributed by atoms with Crippen LogP contribution in [0, 0.1) is 0 Å². The predicted octanol–water partition coefficient (Wildman–Crippen LogP) is 19.9. The average Bonchev–Trinajstić information content (AvgIpc) is 3.84. The van der Waals surface area contributed by atoms with Gasteiger partial charge in [-0.05, 0) is 132 Å². The SMILES string of the molecule is CCCCCCCCOc1ccc(C(=Cc2ccc(C=C(c3ccc(OCCCCCCCC)cc3)c3ccc(OCCCCCCCC)cc3)s2)c2ccc(OCCCCCCCC)cc2)cc1. The third-order valence-electron chi connectivity index (χ3n) is 12.9. The number of hydrogen-bond acceptors (Lipinski definition) is 5. The highest BCUT2D eigenvalue weighted by atomic mass is 32.1. The summed E-state index contributed by atoms with van der Waals surface area (Å²) in [6, 6.07) is 39.2. The molecule has 0 aliphatic rings. The molecule has 0 aliphatic carbocycles. The van der Waals surface area contributed by atoms with E-state index in [0.29, 0.717) is 0 Å². The van der Waals surface area contributed by atoms with Crippen molar-refractivity contribution in [1.82, 2.24) is 0 Å². The van der Waals surface area contributed by atoms with Crippen molar-refractivity contribution in [3.63, 3.8) is 0 Å². The Morgan fingerprint density at radius 1 is 0.290 bits per heavy atom. The van der Waals surface area contributed by atoms with Gasteiger partial charge in [0.2, 0.25) is 0 Å². The first kappa shape index (κ1) is 55.2. The van der Waals surface area contributed by atoms with Crippen LogP contribution in [0.4, 0.5) is 0 Å². The van der Waals surface area contributed by atoms with E-state index in [4.69, 9.17) is 18.9 Å². The number of thiophene rings is 1. The van der Waals surface area contributed by atoms with Gasteiger partial charge in [-0.1, -0.05) is 205 Å². The predicted molar refractivity (Wildman–Crippen MR) is 300 cm³/mol. The molecule has 0 radical (unpaired) electrons. The summed E-state index contributed by atoms with van der Waals surface area (Å²) in [7, 11) is 0. The molecule has 0 saturated carbocycles. The molecule has 5 heteroatoms. The van der Waals surface area contributed by atoms with Gasteiger partial charge in [-0.2, -0.15) is 0 Å². The van der Waals surface area contributed by atoms with Crippen LogP contribution >= 0.6 is 11.3 Å². The summed E-state index contributed by atoms with van der Waals surface area (Å²) < 4.78 is 24.8. The lowest BCUT2D eigenvalue weighted by Gasteiger charge is -2.12. The van der Waals surface area contributed by atoms with Crippen molar-refractivity contribution in [2.45, 2.75) is 182 Å². The summed E-state index contributed by atoms with van der Waals surface area (Å²) >= 11 is 1.81. The standard InChI is InChI=1S/C64H88O4S/c1-5-9-13-17-21-25-47-65-57-37-29-53(30-38-57)63(54-31-39-58(40-32-54)66-48-26-22-18-14-10-6-2)51-61-45-46-62(69-61)52-64(55-33-41-59(42-34-55)67-49-27-23-19-15-11-7-3)56-35-43-60(44-36-56)68-50-28-24-20-16-12-8-4/h29-46,51-52H,5-28,47-50H2,1-4H3. The van der Waals surface area contributed by atoms with Gasteiger partial charge in [0.25, 0.3) is 0 Å². The highest BCUT2D eigenvalue weighted by Crippen LogP contribution is 2.35. The van der Waals surface area contributed by atoms with Gasteiger partial charge < -0.3 is 18.9 Å². The Bertz CT molecular complexity index is 1830. The maximum absolute atomic E-state index is 6.21. The molecule has 1 heterocycles. The van der Waals surface area contributed by atoms with Crippen molar-refractivity contribution in [3.05, 3.63) is 141 Å². The van der Waals surface area contributed by atoms with Gasteiger partial charge in [0.1, 0.15) is 23.0 Å². The molecule has 0 unspecified atom stereocenters. The highest BCUT2D eigenvalue weighted by Gasteiger charge is 2.12. The monoisotopic (exact) mass is 953 g/mol. The Balaban J connectivity index is 1.36. The Morgan fingerprint density at radius 3 is 0.739 bits per heavy atom. The molecule has 1 aromatic heterocycles. The van der Waals surface area contributed by atoms with Gasteiger partial charge in [0.15, 0.2) is 0 Å². The first-order chi connectivity index (χ1) is 34.1. The van der Waals surface area contributed by atoms with Crippen LogP contribution in [0.15, 0.2) is 109 Å². The highest BCUT2D eigenvalue weighted by molar-refractivity contribution is 7.13. The van der Waals surface area contributed by atoms with Gasteiger partial charge in [0.05, 0.1) is 26.4 Å². The van der Waals surface area contributed by atoms with E-state index in [-0.39, 0.29) is 0 Å². The van der Waals surface area contributed by atoms with Crippen LogP contribution in [0.5, 0.6) is 23.0 Å². The minimum absolute atomic E-state index is 0.760. The lowest BCUT2D eigenvalue weighted by molar-refractivity contribution is 0.304. The van der Waals surface area contributed by atoms with Gasteiger partial charge in [0, 0.05) is 9.75 Å². The smallest absolute Gasteiger partial charge is 0.119 e. The maximum atomic E-state index is 6.21. The van der Waals surface area contributed by atoms with E-state index in [1.165, 1.54) is 149 Å². The lowest BCUT2D eigenvalue weighted by Crippen LogP contribution is -1.98. The fourth-order valence-corrected chi connectivity index (χ4v) is 9.59. The van der Waals surface area contributed by atoms with Gasteiger partial charge in [-0.25, -0.2) is 0 Å². The topological polar surface area (TPSA) is 36.9 Å². The van der Waals surface area contributed by atoms with Crippen LogP contribution in [-0.4, -0.2) is 26.4 Å². The maximum Gasteiger partial charge on any atom is 0.119 e. The summed E-state index contributed by atoms with van der Waals surface area (Å²) in [4.78, 5) is 2.39. The Hall–Kier alpha value is -4.74. The fourth-order valence-electron chi connectivity index (χ4n) is 8.69. The summed E-state index contributed by atoms with van der Waals surface area (Å²) in [5, 5.41) is 0. The summed E-state index contributed by atoms with van der Waals surface area (Å²) in [5.41, 5.74) is 6.98. The average molecular weight is 953 g/mol. The molecular formula is C64H88O4S. The van der Waals surface area contributed by atoms with E-state index >= 15 is 0 Å². The van der Waals surface area contributed by atoms with Gasteiger partial charge in [-0.15, -0.1) is 11.3 Å². The Kier molecular flexibility index (Phi) is 27.6. The molecule has 69 heavy (non-hydrogen) atoms. The van der Waals surface area contributed by atoms with Crippen LogP contribution in [0.3, 0.4) is 0 Å². The number of hydrogen-bond donors (Lipinski definition) is 0. The second-order valence-electron chi connectivity index (χ2n) is 18.9. The van der Waals surface area contributed by atoms with Crippen LogP contribution in [0.25, 0.3) is 23.3 Å². The van der Waals surface area contributed by atoms with E-state index in [1.54, 1.807) is 0 Å². The number of rotatable bonds is 38. The van der Waals surface area contributed by atoms with Crippen molar-refractivity contribution < 1.29 is 18.9 Å². The molecular weight excluding hydrogens is 865 g/mol. The molecule has 0 fully saturated rings. The van der Waals surface area contributed by atoms with Crippen molar-refractivity contribution in [2.75, 3.05) is 26.4 Å². The van der Waals surface area contributed by atoms with Crippen molar-refractivity contribution >= 4 is 34.6 Å². The van der Waals surface area contributed by atoms with E-state index < -0.39 is 0 Å². The van der Waals surface area contributed by atoms with E-state index in [0.717, 1.165) is 97.4 Å². The quantitative estimate of drug-likeness (QED) is 0.0370. The normalized spacial score (nSPS) is 11.1. The zero-order valence-electron chi connectivity index (χ0n) is 43.4.